The van der Waals surface area contributed by atoms with Crippen molar-refractivity contribution in [2.45, 2.75) is 37.9 Å². The van der Waals surface area contributed by atoms with Gasteiger partial charge < -0.3 is 10.2 Å². The Morgan fingerprint density at radius 2 is 1.94 bits per heavy atom. The molecule has 0 radical (unpaired) electrons. The van der Waals surface area contributed by atoms with E-state index in [-0.39, 0.29) is 37.2 Å². The van der Waals surface area contributed by atoms with E-state index in [4.69, 9.17) is 0 Å². The lowest BCUT2D eigenvalue weighted by Gasteiger charge is -2.35. The summed E-state index contributed by atoms with van der Waals surface area (Å²) in [6, 6.07) is -0.556. The summed E-state index contributed by atoms with van der Waals surface area (Å²) in [5.74, 6) is -0.391. The summed E-state index contributed by atoms with van der Waals surface area (Å²) < 4.78 is 36.2. The lowest BCUT2D eigenvalue weighted by Crippen LogP contribution is -2.59. The first-order valence-electron chi connectivity index (χ1n) is 6.02. The van der Waals surface area contributed by atoms with Crippen LogP contribution in [0.4, 0.5) is 13.2 Å². The number of carbonyl (C=O) groups is 2. The molecule has 102 valence electrons. The van der Waals surface area contributed by atoms with Gasteiger partial charge in [-0.25, -0.2) is 0 Å². The summed E-state index contributed by atoms with van der Waals surface area (Å²) in [7, 11) is 0. The quantitative estimate of drug-likeness (QED) is 0.825. The van der Waals surface area contributed by atoms with Crippen molar-refractivity contribution >= 4 is 11.8 Å². The number of nitrogens with zero attached hydrogens (tertiary/aromatic N) is 1. The van der Waals surface area contributed by atoms with Crippen molar-refractivity contribution in [2.24, 2.45) is 5.92 Å². The number of hydrogen-bond donors (Lipinski definition) is 1. The van der Waals surface area contributed by atoms with Gasteiger partial charge in [0.05, 0.1) is 6.54 Å². The first-order chi connectivity index (χ1) is 8.38. The third-order valence-corrected chi connectivity index (χ3v) is 3.27. The molecule has 2 aliphatic rings. The molecular formula is C11H15F3N2O2. The van der Waals surface area contributed by atoms with Gasteiger partial charge in [0.15, 0.2) is 0 Å². The van der Waals surface area contributed by atoms with Crippen LogP contribution < -0.4 is 5.32 Å². The van der Waals surface area contributed by atoms with Gasteiger partial charge >= 0.3 is 6.18 Å². The van der Waals surface area contributed by atoms with Crippen LogP contribution in [0.15, 0.2) is 0 Å². The molecule has 1 aliphatic carbocycles. The van der Waals surface area contributed by atoms with E-state index in [2.05, 4.69) is 5.32 Å². The first kappa shape index (κ1) is 13.2. The van der Waals surface area contributed by atoms with Crippen LogP contribution in [0, 0.1) is 5.92 Å². The molecule has 1 saturated heterocycles. The van der Waals surface area contributed by atoms with Gasteiger partial charge in [-0.05, 0) is 25.2 Å². The van der Waals surface area contributed by atoms with Crippen LogP contribution in [-0.2, 0) is 9.59 Å². The highest BCUT2D eigenvalue weighted by Crippen LogP contribution is 2.36. The molecule has 7 heteroatoms. The molecule has 2 rings (SSSR count). The van der Waals surface area contributed by atoms with E-state index in [1.807, 2.05) is 0 Å². The second kappa shape index (κ2) is 4.78. The molecule has 0 aromatic rings. The van der Waals surface area contributed by atoms with Crippen molar-refractivity contribution in [3.63, 3.8) is 0 Å². The topological polar surface area (TPSA) is 49.4 Å². The summed E-state index contributed by atoms with van der Waals surface area (Å²) in [6.45, 7) is -0.0962. The Hall–Kier alpha value is -1.27. The fourth-order valence-electron chi connectivity index (χ4n) is 2.26. The van der Waals surface area contributed by atoms with Gasteiger partial charge in [0.1, 0.15) is 6.04 Å². The number of rotatable bonds is 4. The average molecular weight is 264 g/mol. The molecule has 0 spiro atoms. The summed E-state index contributed by atoms with van der Waals surface area (Å²) >= 11 is 0. The Labute approximate surface area is 103 Å². The predicted octanol–water partition coefficient (Wildman–Crippen LogP) is 1.07. The molecule has 0 aromatic heterocycles. The van der Waals surface area contributed by atoms with Crippen LogP contribution in [0.2, 0.25) is 0 Å². The maximum atomic E-state index is 12.1. The van der Waals surface area contributed by atoms with E-state index in [0.29, 0.717) is 0 Å². The van der Waals surface area contributed by atoms with Crippen molar-refractivity contribution in [3.8, 4) is 0 Å². The van der Waals surface area contributed by atoms with Crippen LogP contribution in [0.5, 0.6) is 0 Å². The van der Waals surface area contributed by atoms with Gasteiger partial charge in [-0.15, -0.1) is 0 Å². The minimum absolute atomic E-state index is 0.00688. The Morgan fingerprint density at radius 3 is 2.50 bits per heavy atom. The Morgan fingerprint density at radius 1 is 1.28 bits per heavy atom. The number of carbonyl (C=O) groups excluding carboxylic acids is 2. The van der Waals surface area contributed by atoms with E-state index >= 15 is 0 Å². The normalized spacial score (nSPS) is 25.3. The molecule has 0 bridgehead atoms. The van der Waals surface area contributed by atoms with Crippen LogP contribution in [0.25, 0.3) is 0 Å². The molecule has 1 atom stereocenters. The molecule has 1 saturated carbocycles. The van der Waals surface area contributed by atoms with Crippen molar-refractivity contribution in [1.82, 2.24) is 10.2 Å². The Kier molecular flexibility index (Phi) is 3.49. The minimum Gasteiger partial charge on any atom is -0.345 e. The fourth-order valence-corrected chi connectivity index (χ4v) is 2.26. The van der Waals surface area contributed by atoms with E-state index in [0.717, 1.165) is 12.8 Å². The molecular weight excluding hydrogens is 249 g/mol. The minimum atomic E-state index is -4.21. The highest BCUT2D eigenvalue weighted by Gasteiger charge is 2.44. The maximum Gasteiger partial charge on any atom is 0.389 e. The summed E-state index contributed by atoms with van der Waals surface area (Å²) in [5.41, 5.74) is 0. The molecule has 1 aliphatic heterocycles. The molecule has 0 aromatic carbocycles. The first-order valence-corrected chi connectivity index (χ1v) is 6.02. The molecule has 1 heterocycles. The molecule has 1 N–H and O–H groups in total. The Balaban J connectivity index is 1.93. The summed E-state index contributed by atoms with van der Waals surface area (Å²) in [6.07, 6.45) is -3.56. The number of hydrogen-bond acceptors (Lipinski definition) is 2. The maximum absolute atomic E-state index is 12.1. The van der Waals surface area contributed by atoms with E-state index in [1.54, 1.807) is 0 Å². The van der Waals surface area contributed by atoms with Gasteiger partial charge in [-0.2, -0.15) is 13.2 Å². The van der Waals surface area contributed by atoms with Gasteiger partial charge in [0.25, 0.3) is 0 Å². The highest BCUT2D eigenvalue weighted by atomic mass is 19.4. The number of nitrogens with one attached hydrogen (secondary N) is 1. The van der Waals surface area contributed by atoms with E-state index < -0.39 is 18.6 Å². The van der Waals surface area contributed by atoms with E-state index in [9.17, 15) is 22.8 Å². The summed E-state index contributed by atoms with van der Waals surface area (Å²) in [4.78, 5) is 24.7. The van der Waals surface area contributed by atoms with Crippen LogP contribution in [-0.4, -0.2) is 42.0 Å². The van der Waals surface area contributed by atoms with Crippen molar-refractivity contribution in [1.29, 1.82) is 0 Å². The fraction of sp³-hybridized carbons (Fsp3) is 0.818. The second-order valence-electron chi connectivity index (χ2n) is 4.81. The lowest BCUT2D eigenvalue weighted by atomic mass is 10.1. The second-order valence-corrected chi connectivity index (χ2v) is 4.81. The van der Waals surface area contributed by atoms with Gasteiger partial charge in [-0.1, -0.05) is 0 Å². The van der Waals surface area contributed by atoms with Gasteiger partial charge in [0.2, 0.25) is 11.8 Å². The standard InChI is InChI=1S/C11H15F3N2O2/c12-11(13,14)4-1-5-16-8(17)6-15-10(18)9(16)7-2-3-7/h7,9H,1-6H2,(H,15,18). The van der Waals surface area contributed by atoms with Crippen LogP contribution in [0.3, 0.4) is 0 Å². The van der Waals surface area contributed by atoms with Gasteiger partial charge in [0, 0.05) is 13.0 Å². The van der Waals surface area contributed by atoms with E-state index in [1.165, 1.54) is 4.90 Å². The van der Waals surface area contributed by atoms with Crippen molar-refractivity contribution < 1.29 is 22.8 Å². The number of halogens is 3. The highest BCUT2D eigenvalue weighted by molar-refractivity contribution is 5.95. The molecule has 18 heavy (non-hydrogen) atoms. The van der Waals surface area contributed by atoms with Crippen LogP contribution in [0.1, 0.15) is 25.7 Å². The SMILES string of the molecule is O=C1NCC(=O)N(CCCC(F)(F)F)C1C1CC1. The Bertz CT molecular complexity index is 353. The van der Waals surface area contributed by atoms with Crippen LogP contribution >= 0.6 is 0 Å². The number of amides is 2. The molecule has 4 nitrogen and oxygen atoms in total. The largest absolute Gasteiger partial charge is 0.389 e. The molecule has 2 fully saturated rings. The zero-order chi connectivity index (χ0) is 13.3. The zero-order valence-corrected chi connectivity index (χ0v) is 9.79. The predicted molar refractivity (Wildman–Crippen MR) is 56.5 cm³/mol. The number of piperazine rings is 1. The summed E-state index contributed by atoms with van der Waals surface area (Å²) in [5, 5.41) is 2.49. The monoisotopic (exact) mass is 264 g/mol. The molecule has 2 amide bonds. The third-order valence-electron chi connectivity index (χ3n) is 3.27. The average Bonchev–Trinajstić information content (AvgIpc) is 3.05. The lowest BCUT2D eigenvalue weighted by molar-refractivity contribution is -0.149. The zero-order valence-electron chi connectivity index (χ0n) is 9.79. The number of alkyl halides is 3. The van der Waals surface area contributed by atoms with Gasteiger partial charge in [-0.3, -0.25) is 9.59 Å². The van der Waals surface area contributed by atoms with Crippen molar-refractivity contribution in [3.05, 3.63) is 0 Å². The third kappa shape index (κ3) is 3.14. The van der Waals surface area contributed by atoms with Crippen molar-refractivity contribution in [2.75, 3.05) is 13.1 Å². The smallest absolute Gasteiger partial charge is 0.345 e. The molecule has 1 unspecified atom stereocenters.